The Morgan fingerprint density at radius 1 is 0.800 bits per heavy atom. The van der Waals surface area contributed by atoms with Gasteiger partial charge in [0, 0.05) is 6.54 Å². The van der Waals surface area contributed by atoms with Gasteiger partial charge >= 0.3 is 0 Å². The van der Waals surface area contributed by atoms with E-state index in [1.54, 1.807) is 49.6 Å². The summed E-state index contributed by atoms with van der Waals surface area (Å²) in [5.74, 6) is 0.182. The van der Waals surface area contributed by atoms with E-state index >= 15 is 0 Å². The quantitative estimate of drug-likeness (QED) is 0.222. The Bertz CT molecular complexity index is 1450. The average Bonchev–Trinajstić information content (AvgIpc) is 3.20. The second-order valence-electron chi connectivity index (χ2n) is 10.6. The SMILES string of the molecule is COc1ccc(CN2C(=O)C(=O)/C(=C(/O)c3cc(C(C)(C)C)ccc3OC)C2c2ccc(OC)c(OC)c2)cc1. The first-order valence-electron chi connectivity index (χ1n) is 12.9. The Hall–Kier alpha value is -4.46. The predicted octanol–water partition coefficient (Wildman–Crippen LogP) is 5.64. The first-order chi connectivity index (χ1) is 19.0. The van der Waals surface area contributed by atoms with Crippen LogP contribution in [-0.4, -0.2) is 50.1 Å². The molecule has 0 aromatic heterocycles. The molecule has 1 aliphatic rings. The van der Waals surface area contributed by atoms with Crippen molar-refractivity contribution in [1.82, 2.24) is 4.90 Å². The molecule has 0 aliphatic carbocycles. The number of aliphatic hydroxyl groups is 1. The summed E-state index contributed by atoms with van der Waals surface area (Å²) in [5.41, 5.74) is 2.38. The van der Waals surface area contributed by atoms with Gasteiger partial charge in [0.2, 0.25) is 0 Å². The van der Waals surface area contributed by atoms with E-state index in [0.717, 1.165) is 11.1 Å². The summed E-state index contributed by atoms with van der Waals surface area (Å²) in [4.78, 5) is 28.6. The molecule has 1 aliphatic heterocycles. The Morgan fingerprint density at radius 3 is 2.00 bits per heavy atom. The van der Waals surface area contributed by atoms with Crippen LogP contribution in [0.5, 0.6) is 23.0 Å². The van der Waals surface area contributed by atoms with E-state index in [1.807, 2.05) is 18.2 Å². The molecule has 1 saturated heterocycles. The predicted molar refractivity (Wildman–Crippen MR) is 152 cm³/mol. The molecule has 1 unspecified atom stereocenters. The molecular formula is C32H35NO7. The van der Waals surface area contributed by atoms with Gasteiger partial charge in [-0.3, -0.25) is 9.59 Å². The van der Waals surface area contributed by atoms with Crippen LogP contribution in [0.2, 0.25) is 0 Å². The van der Waals surface area contributed by atoms with Crippen molar-refractivity contribution in [3.05, 3.63) is 88.5 Å². The minimum atomic E-state index is -0.898. The maximum atomic E-state index is 13.6. The lowest BCUT2D eigenvalue weighted by Gasteiger charge is -2.26. The average molecular weight is 546 g/mol. The van der Waals surface area contributed by atoms with E-state index in [-0.39, 0.29) is 23.3 Å². The maximum absolute atomic E-state index is 13.6. The van der Waals surface area contributed by atoms with Crippen LogP contribution in [-0.2, 0) is 21.5 Å². The third kappa shape index (κ3) is 5.34. The van der Waals surface area contributed by atoms with Gasteiger partial charge in [-0.1, -0.05) is 45.0 Å². The van der Waals surface area contributed by atoms with Crippen molar-refractivity contribution < 1.29 is 33.6 Å². The molecule has 1 atom stereocenters. The number of rotatable bonds is 8. The zero-order valence-corrected chi connectivity index (χ0v) is 23.9. The fourth-order valence-corrected chi connectivity index (χ4v) is 4.84. The number of hydrogen-bond acceptors (Lipinski definition) is 7. The van der Waals surface area contributed by atoms with E-state index in [9.17, 15) is 14.7 Å². The van der Waals surface area contributed by atoms with Crippen molar-refractivity contribution in [3.63, 3.8) is 0 Å². The molecule has 3 aromatic carbocycles. The van der Waals surface area contributed by atoms with Crippen LogP contribution in [0.3, 0.4) is 0 Å². The summed E-state index contributed by atoms with van der Waals surface area (Å²) < 4.78 is 21.7. The number of ketones is 1. The zero-order chi connectivity index (χ0) is 29.2. The minimum absolute atomic E-state index is 0.0323. The van der Waals surface area contributed by atoms with Crippen molar-refractivity contribution in [3.8, 4) is 23.0 Å². The number of nitrogens with zero attached hydrogens (tertiary/aromatic N) is 1. The second-order valence-corrected chi connectivity index (χ2v) is 10.6. The van der Waals surface area contributed by atoms with E-state index in [2.05, 4.69) is 20.8 Å². The number of carbonyl (C=O) groups excluding carboxylic acids is 2. The summed E-state index contributed by atoms with van der Waals surface area (Å²) >= 11 is 0. The molecule has 0 radical (unpaired) electrons. The molecular weight excluding hydrogens is 510 g/mol. The lowest BCUT2D eigenvalue weighted by Crippen LogP contribution is -2.29. The third-order valence-corrected chi connectivity index (χ3v) is 7.10. The summed E-state index contributed by atoms with van der Waals surface area (Å²) in [6.07, 6.45) is 0. The first kappa shape index (κ1) is 28.5. The molecule has 210 valence electrons. The fourth-order valence-electron chi connectivity index (χ4n) is 4.84. The van der Waals surface area contributed by atoms with Crippen LogP contribution in [0.15, 0.2) is 66.2 Å². The van der Waals surface area contributed by atoms with E-state index in [0.29, 0.717) is 34.1 Å². The van der Waals surface area contributed by atoms with Crippen molar-refractivity contribution in [1.29, 1.82) is 0 Å². The van der Waals surface area contributed by atoms with E-state index in [4.69, 9.17) is 18.9 Å². The monoisotopic (exact) mass is 545 g/mol. The highest BCUT2D eigenvalue weighted by Crippen LogP contribution is 2.44. The molecule has 8 nitrogen and oxygen atoms in total. The molecule has 0 saturated carbocycles. The zero-order valence-electron chi connectivity index (χ0n) is 23.9. The number of carbonyl (C=O) groups is 2. The number of Topliss-reactive ketones (excluding diaryl/α,β-unsaturated/α-hetero) is 1. The van der Waals surface area contributed by atoms with Crippen molar-refractivity contribution in [2.75, 3.05) is 28.4 Å². The molecule has 4 rings (SSSR count). The third-order valence-electron chi connectivity index (χ3n) is 7.10. The topological polar surface area (TPSA) is 94.5 Å². The molecule has 1 amide bonds. The van der Waals surface area contributed by atoms with Crippen molar-refractivity contribution in [2.24, 2.45) is 0 Å². The number of aliphatic hydroxyl groups excluding tert-OH is 1. The normalized spacial score (nSPS) is 16.7. The van der Waals surface area contributed by atoms with Gasteiger partial charge < -0.3 is 29.0 Å². The second kappa shape index (κ2) is 11.3. The molecule has 8 heteroatoms. The van der Waals surface area contributed by atoms with Gasteiger partial charge in [0.15, 0.2) is 11.5 Å². The number of methoxy groups -OCH3 is 4. The molecule has 1 N–H and O–H groups in total. The summed E-state index contributed by atoms with van der Waals surface area (Å²) in [6, 6.07) is 17.0. The molecule has 3 aromatic rings. The Labute approximate surface area is 234 Å². The lowest BCUT2D eigenvalue weighted by molar-refractivity contribution is -0.140. The number of amides is 1. The van der Waals surface area contributed by atoms with E-state index in [1.165, 1.54) is 26.2 Å². The first-order valence-corrected chi connectivity index (χ1v) is 12.9. The Morgan fingerprint density at radius 2 is 1.43 bits per heavy atom. The highest BCUT2D eigenvalue weighted by molar-refractivity contribution is 6.46. The van der Waals surface area contributed by atoms with Crippen LogP contribution < -0.4 is 18.9 Å². The van der Waals surface area contributed by atoms with Crippen LogP contribution in [0, 0.1) is 0 Å². The molecule has 40 heavy (non-hydrogen) atoms. The van der Waals surface area contributed by atoms with Gasteiger partial charge in [-0.15, -0.1) is 0 Å². The molecule has 0 spiro atoms. The Balaban J connectivity index is 1.94. The standard InChI is InChI=1S/C32H35NO7/c1-32(2,3)21-11-15-24(38-5)23(17-21)29(34)27-28(20-10-14-25(39-6)26(16-20)40-7)33(31(36)30(27)35)18-19-8-12-22(37-4)13-9-19/h8-17,28,34H,18H2,1-7H3/b29-27+. The molecule has 1 heterocycles. The number of likely N-dealkylation sites (tertiary alicyclic amines) is 1. The maximum Gasteiger partial charge on any atom is 0.295 e. The van der Waals surface area contributed by atoms with Gasteiger partial charge in [0.05, 0.1) is 45.6 Å². The van der Waals surface area contributed by atoms with Gasteiger partial charge in [0.1, 0.15) is 17.3 Å². The van der Waals surface area contributed by atoms with Gasteiger partial charge in [-0.25, -0.2) is 0 Å². The number of benzene rings is 3. The van der Waals surface area contributed by atoms with Gasteiger partial charge in [-0.2, -0.15) is 0 Å². The summed E-state index contributed by atoms with van der Waals surface area (Å²) in [5, 5.41) is 11.7. The van der Waals surface area contributed by atoms with Crippen LogP contribution in [0.25, 0.3) is 5.76 Å². The summed E-state index contributed by atoms with van der Waals surface area (Å²) in [7, 11) is 6.12. The van der Waals surface area contributed by atoms with E-state index < -0.39 is 17.7 Å². The summed E-state index contributed by atoms with van der Waals surface area (Å²) in [6.45, 7) is 6.28. The highest BCUT2D eigenvalue weighted by Gasteiger charge is 2.46. The van der Waals surface area contributed by atoms with Crippen LogP contribution in [0.4, 0.5) is 0 Å². The smallest absolute Gasteiger partial charge is 0.295 e. The molecule has 0 bridgehead atoms. The fraction of sp³-hybridized carbons (Fsp3) is 0.312. The number of ether oxygens (including phenoxy) is 4. The van der Waals surface area contributed by atoms with Crippen LogP contribution >= 0.6 is 0 Å². The van der Waals surface area contributed by atoms with Crippen molar-refractivity contribution in [2.45, 2.75) is 38.8 Å². The molecule has 1 fully saturated rings. The largest absolute Gasteiger partial charge is 0.507 e. The van der Waals surface area contributed by atoms with Gasteiger partial charge in [-0.05, 0) is 58.5 Å². The number of hydrogen-bond donors (Lipinski definition) is 1. The highest BCUT2D eigenvalue weighted by atomic mass is 16.5. The Kier molecular flexibility index (Phi) is 8.09. The lowest BCUT2D eigenvalue weighted by atomic mass is 9.85. The van der Waals surface area contributed by atoms with Crippen molar-refractivity contribution >= 4 is 17.4 Å². The van der Waals surface area contributed by atoms with Crippen LogP contribution in [0.1, 0.15) is 49.1 Å². The van der Waals surface area contributed by atoms with Gasteiger partial charge in [0.25, 0.3) is 11.7 Å². The minimum Gasteiger partial charge on any atom is -0.507 e.